The van der Waals surface area contributed by atoms with E-state index in [1.165, 1.54) is 6.39 Å². The zero-order valence-electron chi connectivity index (χ0n) is 7.44. The SMILES string of the molecule is O[C@@H]1CCC[C@H]1NCc1cocn1. The molecule has 0 aromatic carbocycles. The molecule has 1 heterocycles. The quantitative estimate of drug-likeness (QED) is 0.721. The molecular weight excluding hydrogens is 168 g/mol. The largest absolute Gasteiger partial charge is 0.451 e. The van der Waals surface area contributed by atoms with Crippen LogP contribution in [-0.4, -0.2) is 22.2 Å². The molecular formula is C9H14N2O2. The van der Waals surface area contributed by atoms with Crippen LogP contribution in [-0.2, 0) is 6.54 Å². The standard InChI is InChI=1S/C9H14N2O2/c12-9-3-1-2-8(9)10-4-7-5-13-6-11-7/h5-6,8-10,12H,1-4H2/t8-,9-/m1/s1. The van der Waals surface area contributed by atoms with Crippen LogP contribution in [0.4, 0.5) is 0 Å². The Morgan fingerprint density at radius 3 is 3.15 bits per heavy atom. The highest BCUT2D eigenvalue weighted by atomic mass is 16.3. The van der Waals surface area contributed by atoms with E-state index < -0.39 is 0 Å². The Kier molecular flexibility index (Phi) is 2.61. The molecule has 2 rings (SSSR count). The van der Waals surface area contributed by atoms with Gasteiger partial charge < -0.3 is 14.8 Å². The van der Waals surface area contributed by atoms with Gasteiger partial charge >= 0.3 is 0 Å². The molecule has 1 saturated carbocycles. The van der Waals surface area contributed by atoms with Crippen LogP contribution in [0.15, 0.2) is 17.1 Å². The zero-order valence-corrected chi connectivity index (χ0v) is 7.44. The third kappa shape index (κ3) is 2.08. The van der Waals surface area contributed by atoms with Gasteiger partial charge in [0.15, 0.2) is 6.39 Å². The smallest absolute Gasteiger partial charge is 0.180 e. The lowest BCUT2D eigenvalue weighted by molar-refractivity contribution is 0.148. The molecule has 0 spiro atoms. The summed E-state index contributed by atoms with van der Waals surface area (Å²) in [6, 6.07) is 0.233. The van der Waals surface area contributed by atoms with E-state index in [-0.39, 0.29) is 12.1 Å². The maximum Gasteiger partial charge on any atom is 0.180 e. The fourth-order valence-corrected chi connectivity index (χ4v) is 1.74. The average Bonchev–Trinajstić information content (AvgIpc) is 2.72. The highest BCUT2D eigenvalue weighted by molar-refractivity contribution is 4.92. The Morgan fingerprint density at radius 2 is 2.54 bits per heavy atom. The maximum absolute atomic E-state index is 9.51. The van der Waals surface area contributed by atoms with Gasteiger partial charge in [0.05, 0.1) is 11.8 Å². The monoisotopic (exact) mass is 182 g/mol. The van der Waals surface area contributed by atoms with Crippen molar-refractivity contribution in [1.29, 1.82) is 0 Å². The van der Waals surface area contributed by atoms with Gasteiger partial charge in [-0.05, 0) is 19.3 Å². The first-order chi connectivity index (χ1) is 6.36. The van der Waals surface area contributed by atoms with Gasteiger partial charge in [-0.2, -0.15) is 0 Å². The van der Waals surface area contributed by atoms with Crippen molar-refractivity contribution >= 4 is 0 Å². The molecule has 0 radical (unpaired) electrons. The lowest BCUT2D eigenvalue weighted by atomic mass is 10.2. The number of aromatic nitrogens is 1. The lowest BCUT2D eigenvalue weighted by Crippen LogP contribution is -2.35. The lowest BCUT2D eigenvalue weighted by Gasteiger charge is -2.14. The van der Waals surface area contributed by atoms with Crippen LogP contribution < -0.4 is 5.32 Å². The second-order valence-corrected chi connectivity index (χ2v) is 3.47. The van der Waals surface area contributed by atoms with Gasteiger partial charge in [0.25, 0.3) is 0 Å². The van der Waals surface area contributed by atoms with E-state index >= 15 is 0 Å². The normalized spacial score (nSPS) is 28.1. The number of hydrogen-bond donors (Lipinski definition) is 2. The zero-order chi connectivity index (χ0) is 9.10. The second kappa shape index (κ2) is 3.89. The van der Waals surface area contributed by atoms with Crippen molar-refractivity contribution in [3.8, 4) is 0 Å². The first-order valence-corrected chi connectivity index (χ1v) is 4.65. The molecule has 0 unspecified atom stereocenters. The molecule has 0 bridgehead atoms. The van der Waals surface area contributed by atoms with E-state index in [1.807, 2.05) is 0 Å². The van der Waals surface area contributed by atoms with Gasteiger partial charge in [-0.1, -0.05) is 0 Å². The third-order valence-electron chi connectivity index (χ3n) is 2.51. The Bertz CT molecular complexity index is 248. The van der Waals surface area contributed by atoms with Crippen molar-refractivity contribution < 1.29 is 9.52 Å². The summed E-state index contributed by atoms with van der Waals surface area (Å²) >= 11 is 0. The fraction of sp³-hybridized carbons (Fsp3) is 0.667. The summed E-state index contributed by atoms with van der Waals surface area (Å²) < 4.78 is 4.84. The predicted molar refractivity (Wildman–Crippen MR) is 47.0 cm³/mol. The topological polar surface area (TPSA) is 58.3 Å². The third-order valence-corrected chi connectivity index (χ3v) is 2.51. The van der Waals surface area contributed by atoms with Gasteiger partial charge in [0.2, 0.25) is 0 Å². The maximum atomic E-state index is 9.51. The summed E-state index contributed by atoms with van der Waals surface area (Å²) in [6.07, 6.45) is 5.93. The molecule has 0 amide bonds. The predicted octanol–water partition coefficient (Wildman–Crippen LogP) is 0.678. The van der Waals surface area contributed by atoms with Crippen LogP contribution in [0.3, 0.4) is 0 Å². The number of hydrogen-bond acceptors (Lipinski definition) is 4. The van der Waals surface area contributed by atoms with Crippen LogP contribution in [0.2, 0.25) is 0 Å². The number of rotatable bonds is 3. The molecule has 4 nitrogen and oxygen atoms in total. The second-order valence-electron chi connectivity index (χ2n) is 3.47. The van der Waals surface area contributed by atoms with Gasteiger partial charge in [-0.15, -0.1) is 0 Å². The molecule has 1 aliphatic carbocycles. The van der Waals surface area contributed by atoms with E-state index in [0.717, 1.165) is 25.0 Å². The van der Waals surface area contributed by atoms with Crippen molar-refractivity contribution in [1.82, 2.24) is 10.3 Å². The number of nitrogens with one attached hydrogen (secondary N) is 1. The van der Waals surface area contributed by atoms with E-state index in [9.17, 15) is 5.11 Å². The number of aliphatic hydroxyl groups excluding tert-OH is 1. The van der Waals surface area contributed by atoms with E-state index in [1.54, 1.807) is 6.26 Å². The number of nitrogens with zero attached hydrogens (tertiary/aromatic N) is 1. The molecule has 1 aromatic heterocycles. The van der Waals surface area contributed by atoms with Gasteiger partial charge in [-0.3, -0.25) is 0 Å². The van der Waals surface area contributed by atoms with Gasteiger partial charge in [0.1, 0.15) is 6.26 Å². The Labute approximate surface area is 77.0 Å². The van der Waals surface area contributed by atoms with E-state index in [0.29, 0.717) is 6.54 Å². The first-order valence-electron chi connectivity index (χ1n) is 4.65. The minimum atomic E-state index is -0.188. The molecule has 72 valence electrons. The van der Waals surface area contributed by atoms with Crippen LogP contribution in [0.5, 0.6) is 0 Å². The minimum Gasteiger partial charge on any atom is -0.451 e. The molecule has 1 aliphatic rings. The van der Waals surface area contributed by atoms with Crippen LogP contribution in [0.1, 0.15) is 25.0 Å². The molecule has 1 aromatic rings. The Hall–Kier alpha value is -0.870. The summed E-state index contributed by atoms with van der Waals surface area (Å²) in [4.78, 5) is 3.99. The molecule has 13 heavy (non-hydrogen) atoms. The molecule has 0 aliphatic heterocycles. The van der Waals surface area contributed by atoms with Crippen molar-refractivity contribution in [3.05, 3.63) is 18.4 Å². The van der Waals surface area contributed by atoms with Crippen molar-refractivity contribution in [2.45, 2.75) is 38.0 Å². The summed E-state index contributed by atoms with van der Waals surface area (Å²) in [5.74, 6) is 0. The van der Waals surface area contributed by atoms with Gasteiger partial charge in [-0.25, -0.2) is 4.98 Å². The van der Waals surface area contributed by atoms with Crippen LogP contribution in [0, 0.1) is 0 Å². The van der Waals surface area contributed by atoms with Gasteiger partial charge in [0, 0.05) is 12.6 Å². The fourth-order valence-electron chi connectivity index (χ4n) is 1.74. The molecule has 2 atom stereocenters. The number of oxazole rings is 1. The van der Waals surface area contributed by atoms with Crippen molar-refractivity contribution in [2.75, 3.05) is 0 Å². The number of aliphatic hydroxyl groups is 1. The summed E-state index contributed by atoms with van der Waals surface area (Å²) in [5, 5.41) is 12.8. The molecule has 4 heteroatoms. The summed E-state index contributed by atoms with van der Waals surface area (Å²) in [5.41, 5.74) is 0.888. The van der Waals surface area contributed by atoms with E-state index in [4.69, 9.17) is 4.42 Å². The minimum absolute atomic E-state index is 0.188. The van der Waals surface area contributed by atoms with Crippen molar-refractivity contribution in [3.63, 3.8) is 0 Å². The highest BCUT2D eigenvalue weighted by Crippen LogP contribution is 2.18. The summed E-state index contributed by atoms with van der Waals surface area (Å²) in [7, 11) is 0. The van der Waals surface area contributed by atoms with Crippen LogP contribution in [0.25, 0.3) is 0 Å². The molecule has 2 N–H and O–H groups in total. The first kappa shape index (κ1) is 8.72. The Balaban J connectivity index is 1.79. The highest BCUT2D eigenvalue weighted by Gasteiger charge is 2.24. The van der Waals surface area contributed by atoms with E-state index in [2.05, 4.69) is 10.3 Å². The molecule has 0 saturated heterocycles. The molecule has 1 fully saturated rings. The Morgan fingerprint density at radius 1 is 1.62 bits per heavy atom. The van der Waals surface area contributed by atoms with Crippen molar-refractivity contribution in [2.24, 2.45) is 0 Å². The average molecular weight is 182 g/mol. The summed E-state index contributed by atoms with van der Waals surface area (Å²) in [6.45, 7) is 0.679. The van der Waals surface area contributed by atoms with Crippen LogP contribution >= 0.6 is 0 Å².